The van der Waals surface area contributed by atoms with Crippen molar-refractivity contribution < 1.29 is 9.53 Å². The molecule has 1 heterocycles. The molecule has 0 radical (unpaired) electrons. The van der Waals surface area contributed by atoms with Gasteiger partial charge < -0.3 is 9.64 Å². The van der Waals surface area contributed by atoms with Crippen molar-refractivity contribution in [1.29, 1.82) is 0 Å². The van der Waals surface area contributed by atoms with Crippen LogP contribution in [-0.2, 0) is 17.8 Å². The predicted molar refractivity (Wildman–Crippen MR) is 92.1 cm³/mol. The number of methoxy groups -OCH3 is 1. The van der Waals surface area contributed by atoms with Gasteiger partial charge in [-0.2, -0.15) is 5.10 Å². The van der Waals surface area contributed by atoms with Gasteiger partial charge in [0.2, 0.25) is 0 Å². The van der Waals surface area contributed by atoms with E-state index in [4.69, 9.17) is 4.74 Å². The predicted octanol–water partition coefficient (Wildman–Crippen LogP) is 1.78. The lowest BCUT2D eigenvalue weighted by molar-refractivity contribution is 0.0775. The number of carbonyl (C=O) groups excluding carboxylic acids is 1. The quantitative estimate of drug-likeness (QED) is 0.810. The Morgan fingerprint density at radius 2 is 2.00 bits per heavy atom. The third-order valence-electron chi connectivity index (χ3n) is 3.85. The van der Waals surface area contributed by atoms with Crippen LogP contribution in [0.2, 0.25) is 0 Å². The molecule has 0 spiro atoms. The van der Waals surface area contributed by atoms with Gasteiger partial charge >= 0.3 is 0 Å². The number of nitrogens with zero attached hydrogens (tertiary/aromatic N) is 3. The van der Waals surface area contributed by atoms with Gasteiger partial charge in [-0.1, -0.05) is 23.8 Å². The highest BCUT2D eigenvalue weighted by molar-refractivity contribution is 5.91. The molecule has 2 rings (SSSR count). The Bertz CT molecular complexity index is 783. The van der Waals surface area contributed by atoms with E-state index >= 15 is 0 Å². The van der Waals surface area contributed by atoms with Crippen LogP contribution in [0, 0.1) is 13.8 Å². The summed E-state index contributed by atoms with van der Waals surface area (Å²) in [6.45, 7) is 5.24. The Kier molecular flexibility index (Phi) is 5.87. The van der Waals surface area contributed by atoms with Gasteiger partial charge in [0.15, 0.2) is 0 Å². The Morgan fingerprint density at radius 3 is 2.67 bits per heavy atom. The molecule has 6 nitrogen and oxygen atoms in total. The number of hydrogen-bond acceptors (Lipinski definition) is 4. The Balaban J connectivity index is 2.16. The van der Waals surface area contributed by atoms with Crippen molar-refractivity contribution in [2.45, 2.75) is 26.9 Å². The first kappa shape index (κ1) is 17.9. The number of aryl methyl sites for hydroxylation is 2. The molecule has 0 unspecified atom stereocenters. The van der Waals surface area contributed by atoms with Crippen LogP contribution >= 0.6 is 0 Å². The average Bonchev–Trinajstić information content (AvgIpc) is 2.56. The number of amides is 1. The molecule has 0 aliphatic carbocycles. The topological polar surface area (TPSA) is 64.4 Å². The molecule has 0 saturated heterocycles. The first-order valence-electron chi connectivity index (χ1n) is 7.81. The zero-order chi connectivity index (χ0) is 17.7. The number of carbonyl (C=O) groups is 1. The van der Waals surface area contributed by atoms with Gasteiger partial charge in [0, 0.05) is 26.8 Å². The van der Waals surface area contributed by atoms with Crippen LogP contribution < -0.4 is 5.56 Å². The van der Waals surface area contributed by atoms with Crippen LogP contribution in [0.4, 0.5) is 0 Å². The molecule has 0 bridgehead atoms. The fourth-order valence-corrected chi connectivity index (χ4v) is 2.45. The smallest absolute Gasteiger partial charge is 0.274 e. The second kappa shape index (κ2) is 7.88. The van der Waals surface area contributed by atoms with E-state index in [1.54, 1.807) is 19.1 Å². The van der Waals surface area contributed by atoms with Crippen molar-refractivity contribution >= 4 is 5.91 Å². The molecule has 0 saturated carbocycles. The van der Waals surface area contributed by atoms with Gasteiger partial charge in [0.25, 0.3) is 11.5 Å². The summed E-state index contributed by atoms with van der Waals surface area (Å²) in [5.41, 5.74) is 3.42. The summed E-state index contributed by atoms with van der Waals surface area (Å²) >= 11 is 0. The normalized spacial score (nSPS) is 10.7. The van der Waals surface area contributed by atoms with Crippen LogP contribution in [0.15, 0.2) is 35.1 Å². The summed E-state index contributed by atoms with van der Waals surface area (Å²) in [4.78, 5) is 25.9. The van der Waals surface area contributed by atoms with Gasteiger partial charge in [-0.05, 0) is 31.0 Å². The lowest BCUT2D eigenvalue weighted by Gasteiger charge is -2.18. The van der Waals surface area contributed by atoms with Crippen LogP contribution in [0.3, 0.4) is 0 Å². The standard InChI is InChI=1S/C18H23N3O3/c1-13-5-6-15(14(2)11-13)12-20(3)18(23)16-7-8-17(22)21(19-16)9-10-24-4/h5-8,11H,9-10,12H2,1-4H3. The molecule has 1 aromatic heterocycles. The van der Waals surface area contributed by atoms with Crippen LogP contribution in [-0.4, -0.2) is 41.4 Å². The van der Waals surface area contributed by atoms with Crippen LogP contribution in [0.1, 0.15) is 27.2 Å². The summed E-state index contributed by atoms with van der Waals surface area (Å²) in [6, 6.07) is 8.98. The molecule has 0 atom stereocenters. The van der Waals surface area contributed by atoms with Gasteiger partial charge in [-0.15, -0.1) is 0 Å². The average molecular weight is 329 g/mol. The zero-order valence-electron chi connectivity index (χ0n) is 14.6. The molecule has 0 N–H and O–H groups in total. The van der Waals surface area contributed by atoms with Crippen molar-refractivity contribution in [3.8, 4) is 0 Å². The number of hydrogen-bond donors (Lipinski definition) is 0. The molecular formula is C18H23N3O3. The van der Waals surface area contributed by atoms with E-state index in [9.17, 15) is 9.59 Å². The lowest BCUT2D eigenvalue weighted by atomic mass is 10.1. The molecule has 0 aliphatic rings. The molecule has 0 fully saturated rings. The fourth-order valence-electron chi connectivity index (χ4n) is 2.45. The molecule has 6 heteroatoms. The SMILES string of the molecule is COCCn1nc(C(=O)N(C)Cc2ccc(C)cc2C)ccc1=O. The molecule has 0 aliphatic heterocycles. The van der Waals surface area contributed by atoms with Gasteiger partial charge in [-0.3, -0.25) is 9.59 Å². The second-order valence-electron chi connectivity index (χ2n) is 5.86. The first-order chi connectivity index (χ1) is 11.4. The number of ether oxygens (including phenoxy) is 1. The Morgan fingerprint density at radius 1 is 1.25 bits per heavy atom. The minimum atomic E-state index is -0.249. The summed E-state index contributed by atoms with van der Waals surface area (Å²) in [7, 11) is 3.28. The fraction of sp³-hybridized carbons (Fsp3) is 0.389. The summed E-state index contributed by atoms with van der Waals surface area (Å²) in [5.74, 6) is -0.221. The van der Waals surface area contributed by atoms with E-state index in [1.807, 2.05) is 26.0 Å². The summed E-state index contributed by atoms with van der Waals surface area (Å²) in [5, 5.41) is 4.14. The minimum absolute atomic E-state index is 0.221. The maximum atomic E-state index is 12.6. The lowest BCUT2D eigenvalue weighted by Crippen LogP contribution is -2.31. The maximum Gasteiger partial charge on any atom is 0.274 e. The number of aromatic nitrogens is 2. The highest BCUT2D eigenvalue weighted by Gasteiger charge is 2.15. The molecule has 1 amide bonds. The monoisotopic (exact) mass is 329 g/mol. The highest BCUT2D eigenvalue weighted by Crippen LogP contribution is 2.13. The van der Waals surface area contributed by atoms with Crippen molar-refractivity contribution in [2.24, 2.45) is 0 Å². The minimum Gasteiger partial charge on any atom is -0.383 e. The largest absolute Gasteiger partial charge is 0.383 e. The zero-order valence-corrected chi connectivity index (χ0v) is 14.6. The van der Waals surface area contributed by atoms with E-state index in [1.165, 1.54) is 22.4 Å². The third-order valence-corrected chi connectivity index (χ3v) is 3.85. The third kappa shape index (κ3) is 4.29. The summed E-state index contributed by atoms with van der Waals surface area (Å²) in [6.07, 6.45) is 0. The molecule has 24 heavy (non-hydrogen) atoms. The summed E-state index contributed by atoms with van der Waals surface area (Å²) < 4.78 is 6.21. The van der Waals surface area contributed by atoms with Crippen LogP contribution in [0.5, 0.6) is 0 Å². The number of benzene rings is 1. The van der Waals surface area contributed by atoms with E-state index in [0.29, 0.717) is 19.7 Å². The number of rotatable bonds is 6. The molecule has 128 valence electrons. The van der Waals surface area contributed by atoms with Crippen molar-refractivity contribution in [2.75, 3.05) is 20.8 Å². The van der Waals surface area contributed by atoms with E-state index in [2.05, 4.69) is 11.2 Å². The molecule has 2 aromatic rings. The maximum absolute atomic E-state index is 12.6. The van der Waals surface area contributed by atoms with Gasteiger partial charge in [0.05, 0.1) is 13.2 Å². The highest BCUT2D eigenvalue weighted by atomic mass is 16.5. The van der Waals surface area contributed by atoms with Crippen molar-refractivity contribution in [3.05, 3.63) is 63.1 Å². The van der Waals surface area contributed by atoms with Gasteiger partial charge in [0.1, 0.15) is 5.69 Å². The van der Waals surface area contributed by atoms with Crippen molar-refractivity contribution in [1.82, 2.24) is 14.7 Å². The Hall–Kier alpha value is -2.47. The first-order valence-corrected chi connectivity index (χ1v) is 7.81. The second-order valence-corrected chi connectivity index (χ2v) is 5.86. The van der Waals surface area contributed by atoms with Crippen molar-refractivity contribution in [3.63, 3.8) is 0 Å². The Labute approximate surface area is 141 Å². The van der Waals surface area contributed by atoms with Crippen LogP contribution in [0.25, 0.3) is 0 Å². The molecular weight excluding hydrogens is 306 g/mol. The van der Waals surface area contributed by atoms with E-state index < -0.39 is 0 Å². The van der Waals surface area contributed by atoms with Gasteiger partial charge in [-0.25, -0.2) is 4.68 Å². The van der Waals surface area contributed by atoms with E-state index in [0.717, 1.165) is 11.1 Å². The molecule has 1 aromatic carbocycles. The van der Waals surface area contributed by atoms with E-state index in [-0.39, 0.29) is 17.2 Å².